The van der Waals surface area contributed by atoms with Gasteiger partial charge in [0.2, 0.25) is 0 Å². The van der Waals surface area contributed by atoms with Crippen molar-refractivity contribution in [2.45, 2.75) is 134 Å². The van der Waals surface area contributed by atoms with Gasteiger partial charge in [-0.05, 0) is 201 Å². The maximum atomic E-state index is 8.19. The van der Waals surface area contributed by atoms with Gasteiger partial charge in [-0.3, -0.25) is 0 Å². The van der Waals surface area contributed by atoms with E-state index in [2.05, 4.69) is 298 Å². The van der Waals surface area contributed by atoms with Crippen molar-refractivity contribution in [3.8, 4) is 45.6 Å². The first-order chi connectivity index (χ1) is 51.7. The zero-order chi connectivity index (χ0) is 72.7. The second kappa shape index (κ2) is 31.2. The molecule has 0 N–H and O–H groups in total. The fraction of sp³-hybridized carbons (Fsp3) is 0.0909. The third kappa shape index (κ3) is 15.3. The van der Waals surface area contributed by atoms with Crippen LogP contribution >= 0.6 is 94.1 Å². The molecule has 2 aliphatic rings. The van der Waals surface area contributed by atoms with Gasteiger partial charge in [0.05, 0.1) is 23.3 Å². The number of aromatic nitrogens is 8. The summed E-state index contributed by atoms with van der Waals surface area (Å²) < 4.78 is 8.19. The molecule has 3 aromatic heterocycles. The second-order valence-electron chi connectivity index (χ2n) is 26.1. The Morgan fingerprint density at radius 1 is 0.198 bits per heavy atom. The van der Waals surface area contributed by atoms with Crippen LogP contribution in [0.4, 0.5) is 0 Å². The Kier molecular flexibility index (Phi) is 21.0. The quantitative estimate of drug-likeness (QED) is 0.0911. The molecule has 0 saturated heterocycles. The van der Waals surface area contributed by atoms with Crippen molar-refractivity contribution in [2.24, 2.45) is 0 Å². The predicted molar refractivity (Wildman–Crippen MR) is 437 cm³/mol. The van der Waals surface area contributed by atoms with E-state index in [0.717, 1.165) is 139 Å². The number of fused-ring (bicyclic) bond motifs is 20. The molecule has 0 radical (unpaired) electrons. The Morgan fingerprint density at radius 2 is 0.340 bits per heavy atom. The Bertz CT molecular complexity index is 5330. The SMILES string of the molecule is Cc1ccc(Sc2ccc(Sc3ccc(C)cc3)c3c2-c2nc-3nc3[n-]c(nc4nc(nc5[n-]c(n2)c2c(Sc6ccc(C)cc6)ccc(Sc6ccc(C)cc6)c52)-c2c(Sc5ccc(C)cc5)ccc(Sc5ccc(C)cc5)c2-4)c2c(Sc4ccc(C)cc4)ccc(Sc4ccc(C)cc4)c32)cc1.[O]=[V+2]. The number of nitrogens with zero attached hydrogens (tertiary/aromatic N) is 8. The van der Waals surface area contributed by atoms with Crippen LogP contribution in [-0.4, -0.2) is 29.9 Å². The summed E-state index contributed by atoms with van der Waals surface area (Å²) in [7, 11) is 0. The van der Waals surface area contributed by atoms with Crippen LogP contribution in [0.1, 0.15) is 44.5 Å². The van der Waals surface area contributed by atoms with Crippen LogP contribution in [-0.2, 0) is 21.0 Å². The molecule has 17 rings (SSSR count). The van der Waals surface area contributed by atoms with Crippen molar-refractivity contribution >= 4 is 138 Å². The Labute approximate surface area is 659 Å². The minimum atomic E-state index is 0.472. The van der Waals surface area contributed by atoms with E-state index in [0.29, 0.717) is 45.9 Å². The van der Waals surface area contributed by atoms with Gasteiger partial charge in [-0.25, -0.2) is 9.97 Å². The molecule has 0 fully saturated rings. The van der Waals surface area contributed by atoms with Crippen LogP contribution in [0, 0.1) is 55.4 Å². The van der Waals surface area contributed by atoms with Crippen LogP contribution in [0.25, 0.3) is 89.7 Å². The van der Waals surface area contributed by atoms with Gasteiger partial charge < -0.3 is 29.9 Å². The van der Waals surface area contributed by atoms with Gasteiger partial charge in [0.25, 0.3) is 0 Å². The van der Waals surface area contributed by atoms with Crippen molar-refractivity contribution < 1.29 is 21.0 Å². The molecular formula is C88H64N8OS8V. The normalized spacial score (nSPS) is 11.6. The summed E-state index contributed by atoms with van der Waals surface area (Å²) in [5, 5.41) is 3.38. The van der Waals surface area contributed by atoms with E-state index in [1.165, 1.54) is 44.5 Å². The van der Waals surface area contributed by atoms with Gasteiger partial charge in [0.1, 0.15) is 0 Å². The molecule has 0 aliphatic carbocycles. The minimum absolute atomic E-state index is 0.472. The van der Waals surface area contributed by atoms with E-state index in [1.807, 2.05) is 0 Å². The standard InChI is InChI=1S/C88H64N8S8.O.V/c1-49-9-25-57(26-10-49)97-65-41-42-66(98-58-27-11-50(2)12-28-58)74-73(65)81-89-82(74)94-84-77-69(101-61-33-17-53(5)18-34-61)45-46-70(102-62-35-19-54(6)20-36-62)78(77)86(91-84)96-88-80-72(104-64-39-23-56(8)24-40-64)48-47-71(103-63-37-21-55(7)22-38-63)79(80)87(92-88)95-85-76-68(100-60-31-15-52(4)16-32-60)44-43-67(75(76)83(90-85)93-81)99-59-29-13-51(3)14-30-59;;/h9-48H,1-8H3;;/q-2;;+2. The van der Waals surface area contributed by atoms with Gasteiger partial charge in [0.15, 0.2) is 0 Å². The first-order valence-electron chi connectivity index (χ1n) is 34.2. The molecule has 8 bridgehead atoms. The molecule has 0 unspecified atom stereocenters. The van der Waals surface area contributed by atoms with E-state index in [9.17, 15) is 0 Å². The topological polar surface area (TPSA) is 123 Å². The van der Waals surface area contributed by atoms with Crippen LogP contribution < -0.4 is 9.97 Å². The molecule has 515 valence electrons. The average Bonchev–Trinajstić information content (AvgIpc) is 1.57. The molecule has 5 heterocycles. The maximum absolute atomic E-state index is 8.19. The second-order valence-corrected chi connectivity index (χ2v) is 35.0. The first-order valence-corrected chi connectivity index (χ1v) is 41.3. The number of hydrogen-bond donors (Lipinski definition) is 0. The van der Waals surface area contributed by atoms with Gasteiger partial charge in [-0.2, -0.15) is 0 Å². The van der Waals surface area contributed by atoms with E-state index < -0.39 is 0 Å². The van der Waals surface area contributed by atoms with Crippen LogP contribution in [0.15, 0.2) is 321 Å². The molecule has 0 spiro atoms. The van der Waals surface area contributed by atoms with Gasteiger partial charge in [-0.1, -0.05) is 236 Å². The monoisotopic (exact) mass is 1560 g/mol. The average molecular weight is 1560 g/mol. The van der Waals surface area contributed by atoms with Crippen molar-refractivity contribution in [1.29, 1.82) is 0 Å². The number of hydrogen-bond acceptors (Lipinski definition) is 15. The predicted octanol–water partition coefficient (Wildman–Crippen LogP) is 25.7. The van der Waals surface area contributed by atoms with E-state index in [1.54, 1.807) is 94.1 Å². The summed E-state index contributed by atoms with van der Waals surface area (Å²) in [4.78, 5) is 63.3. The Morgan fingerprint density at radius 3 is 0.500 bits per heavy atom. The Hall–Kier alpha value is -8.82. The molecule has 2 aliphatic heterocycles. The van der Waals surface area contributed by atoms with Gasteiger partial charge >= 0.3 is 21.0 Å². The van der Waals surface area contributed by atoms with E-state index in [4.69, 9.17) is 43.5 Å². The van der Waals surface area contributed by atoms with Crippen molar-refractivity contribution in [3.63, 3.8) is 0 Å². The van der Waals surface area contributed by atoms with Crippen LogP contribution in [0.2, 0.25) is 0 Å². The molecule has 12 aromatic carbocycles. The summed E-state index contributed by atoms with van der Waals surface area (Å²) in [6.45, 7) is 17.0. The summed E-state index contributed by atoms with van der Waals surface area (Å²) in [6, 6.07) is 87.5. The van der Waals surface area contributed by atoms with Crippen molar-refractivity contribution in [1.82, 2.24) is 39.9 Å². The van der Waals surface area contributed by atoms with Gasteiger partial charge in [0, 0.05) is 145 Å². The van der Waals surface area contributed by atoms with E-state index >= 15 is 0 Å². The summed E-state index contributed by atoms with van der Waals surface area (Å²) in [6.07, 6.45) is 0. The first kappa shape index (κ1) is 71.4. The number of benzene rings is 12. The molecule has 15 aromatic rings. The van der Waals surface area contributed by atoms with Crippen LogP contribution in [0.5, 0.6) is 0 Å². The third-order valence-electron chi connectivity index (χ3n) is 18.0. The molecule has 106 heavy (non-hydrogen) atoms. The summed E-state index contributed by atoms with van der Waals surface area (Å²) in [5.41, 5.74) is 14.7. The molecule has 18 heteroatoms. The van der Waals surface area contributed by atoms with Crippen LogP contribution in [0.3, 0.4) is 0 Å². The zero-order valence-electron chi connectivity index (χ0n) is 58.8. The molecule has 9 nitrogen and oxygen atoms in total. The molecular weight excluding hydrogens is 1490 g/mol. The summed E-state index contributed by atoms with van der Waals surface area (Å²) in [5.74, 6) is 1.89. The van der Waals surface area contributed by atoms with Crippen molar-refractivity contribution in [3.05, 3.63) is 287 Å². The number of aryl methyl sites for hydroxylation is 8. The molecule has 0 amide bonds. The Balaban J connectivity index is 0.00000427. The fourth-order valence-electron chi connectivity index (χ4n) is 12.5. The van der Waals surface area contributed by atoms with E-state index in [-0.39, 0.29) is 0 Å². The molecule has 0 atom stereocenters. The van der Waals surface area contributed by atoms with Crippen molar-refractivity contribution in [2.75, 3.05) is 0 Å². The molecule has 0 saturated carbocycles. The number of rotatable bonds is 16. The summed E-state index contributed by atoms with van der Waals surface area (Å²) >= 11 is 14.6. The zero-order valence-corrected chi connectivity index (χ0v) is 66.7. The van der Waals surface area contributed by atoms with Gasteiger partial charge in [-0.15, -0.1) is 0 Å². The third-order valence-corrected chi connectivity index (χ3v) is 26.5. The fourth-order valence-corrected chi connectivity index (χ4v) is 20.1.